The van der Waals surface area contributed by atoms with Crippen molar-refractivity contribution in [1.82, 2.24) is 0 Å². The van der Waals surface area contributed by atoms with Gasteiger partial charge in [0.15, 0.2) is 0 Å². The SMILES string of the molecule is CC(C)CCC[C@@H](C)[C@H]1CC[C@H]2[C@@H]3[C@H](O)C[C@@H]4CC(=O)CC[C@]4(C)[C@H]3C[C@H](O)[C@]12C. The van der Waals surface area contributed by atoms with Gasteiger partial charge in [-0.3, -0.25) is 4.79 Å². The van der Waals surface area contributed by atoms with Crippen molar-refractivity contribution < 1.29 is 15.0 Å². The molecule has 0 saturated heterocycles. The molecular formula is C27H46O3. The predicted octanol–water partition coefficient (Wildman–Crippen LogP) is 5.62. The third kappa shape index (κ3) is 3.51. The molecular weight excluding hydrogens is 372 g/mol. The van der Waals surface area contributed by atoms with Gasteiger partial charge in [0.25, 0.3) is 0 Å². The molecule has 0 aromatic rings. The van der Waals surface area contributed by atoms with Gasteiger partial charge >= 0.3 is 0 Å². The minimum Gasteiger partial charge on any atom is -0.393 e. The smallest absolute Gasteiger partial charge is 0.133 e. The minimum absolute atomic E-state index is 0.0624. The molecule has 0 amide bonds. The standard InChI is InChI=1S/C27H46O3/c1-16(2)7-6-8-17(3)20-9-10-21-25-22(15-24(30)27(20,21)5)26(4)12-11-19(28)13-18(26)14-23(25)29/h16-18,20-25,29-30H,6-15H2,1-5H3/t17-,18+,20-,21+,22+,23-,24+,25+,26+,27-/m1/s1. The molecule has 0 bridgehead atoms. The van der Waals surface area contributed by atoms with Crippen LogP contribution in [-0.2, 0) is 4.79 Å². The maximum Gasteiger partial charge on any atom is 0.133 e. The summed E-state index contributed by atoms with van der Waals surface area (Å²) in [5.74, 6) is 3.74. The molecule has 30 heavy (non-hydrogen) atoms. The second-order valence-electron chi connectivity index (χ2n) is 12.6. The average molecular weight is 419 g/mol. The molecule has 3 nitrogen and oxygen atoms in total. The molecule has 0 aromatic heterocycles. The molecule has 0 unspecified atom stereocenters. The number of rotatable bonds is 5. The Morgan fingerprint density at radius 2 is 1.77 bits per heavy atom. The molecule has 0 radical (unpaired) electrons. The van der Waals surface area contributed by atoms with Crippen LogP contribution in [0.4, 0.5) is 0 Å². The Labute approximate surface area is 184 Å². The van der Waals surface area contributed by atoms with E-state index in [0.717, 1.165) is 31.6 Å². The van der Waals surface area contributed by atoms with Crippen molar-refractivity contribution in [3.63, 3.8) is 0 Å². The first-order valence-corrected chi connectivity index (χ1v) is 13.0. The topological polar surface area (TPSA) is 57.5 Å². The number of aliphatic hydroxyl groups is 2. The van der Waals surface area contributed by atoms with Crippen LogP contribution in [0, 0.1) is 52.3 Å². The van der Waals surface area contributed by atoms with Gasteiger partial charge < -0.3 is 10.2 Å². The maximum atomic E-state index is 12.1. The fourth-order valence-electron chi connectivity index (χ4n) is 8.99. The van der Waals surface area contributed by atoms with Crippen molar-refractivity contribution >= 4 is 5.78 Å². The van der Waals surface area contributed by atoms with E-state index in [1.165, 1.54) is 25.7 Å². The van der Waals surface area contributed by atoms with Crippen LogP contribution >= 0.6 is 0 Å². The molecule has 3 heteroatoms. The fraction of sp³-hybridized carbons (Fsp3) is 0.963. The molecule has 4 rings (SSSR count). The largest absolute Gasteiger partial charge is 0.393 e. The highest BCUT2D eigenvalue weighted by atomic mass is 16.3. The minimum atomic E-state index is -0.300. The quantitative estimate of drug-likeness (QED) is 0.609. The molecule has 0 spiro atoms. The predicted molar refractivity (Wildman–Crippen MR) is 121 cm³/mol. The lowest BCUT2D eigenvalue weighted by molar-refractivity contribution is -0.201. The van der Waals surface area contributed by atoms with Crippen LogP contribution in [-0.4, -0.2) is 28.2 Å². The molecule has 172 valence electrons. The number of hydrogen-bond acceptors (Lipinski definition) is 3. The van der Waals surface area contributed by atoms with Crippen LogP contribution in [0.1, 0.15) is 98.8 Å². The summed E-state index contributed by atoms with van der Waals surface area (Å²) in [5, 5.41) is 22.9. The van der Waals surface area contributed by atoms with Gasteiger partial charge in [-0.2, -0.15) is 0 Å². The summed E-state index contributed by atoms with van der Waals surface area (Å²) in [6, 6.07) is 0. The van der Waals surface area contributed by atoms with Crippen LogP contribution in [0.2, 0.25) is 0 Å². The van der Waals surface area contributed by atoms with Crippen LogP contribution in [0.25, 0.3) is 0 Å². The highest BCUT2D eigenvalue weighted by molar-refractivity contribution is 5.79. The van der Waals surface area contributed by atoms with Gasteiger partial charge in [0, 0.05) is 12.8 Å². The van der Waals surface area contributed by atoms with E-state index >= 15 is 0 Å². The molecule has 4 aliphatic carbocycles. The van der Waals surface area contributed by atoms with Crippen LogP contribution in [0.15, 0.2) is 0 Å². The summed E-state index contributed by atoms with van der Waals surface area (Å²) in [6.45, 7) is 11.8. The zero-order chi connectivity index (χ0) is 21.8. The van der Waals surface area contributed by atoms with Gasteiger partial charge in [0.2, 0.25) is 0 Å². The van der Waals surface area contributed by atoms with Gasteiger partial charge in [0.05, 0.1) is 12.2 Å². The van der Waals surface area contributed by atoms with Crippen molar-refractivity contribution in [3.05, 3.63) is 0 Å². The van der Waals surface area contributed by atoms with E-state index in [2.05, 4.69) is 34.6 Å². The third-order valence-electron chi connectivity index (χ3n) is 10.8. The molecule has 0 heterocycles. The van der Waals surface area contributed by atoms with E-state index in [1.807, 2.05) is 0 Å². The van der Waals surface area contributed by atoms with Gasteiger partial charge in [-0.25, -0.2) is 0 Å². The van der Waals surface area contributed by atoms with Crippen molar-refractivity contribution in [2.75, 3.05) is 0 Å². The van der Waals surface area contributed by atoms with Crippen molar-refractivity contribution in [2.24, 2.45) is 52.3 Å². The highest BCUT2D eigenvalue weighted by Crippen LogP contribution is 2.68. The van der Waals surface area contributed by atoms with Gasteiger partial charge in [-0.15, -0.1) is 0 Å². The number of carbonyl (C=O) groups is 1. The van der Waals surface area contributed by atoms with E-state index in [0.29, 0.717) is 54.1 Å². The summed E-state index contributed by atoms with van der Waals surface area (Å²) in [6.07, 6.45) is 9.54. The Kier molecular flexibility index (Phi) is 6.21. The molecule has 4 fully saturated rings. The molecule has 2 N–H and O–H groups in total. The highest BCUT2D eigenvalue weighted by Gasteiger charge is 2.65. The second kappa shape index (κ2) is 8.18. The summed E-state index contributed by atoms with van der Waals surface area (Å²) in [7, 11) is 0. The average Bonchev–Trinajstić information content (AvgIpc) is 3.02. The molecule has 0 aromatic carbocycles. The lowest BCUT2D eigenvalue weighted by Gasteiger charge is -2.63. The summed E-state index contributed by atoms with van der Waals surface area (Å²) < 4.78 is 0. The van der Waals surface area contributed by atoms with Crippen LogP contribution in [0.3, 0.4) is 0 Å². The Balaban J connectivity index is 1.56. The number of Topliss-reactive ketones (excluding diaryl/α,β-unsaturated/α-hetero) is 1. The number of aliphatic hydroxyl groups excluding tert-OH is 2. The Morgan fingerprint density at radius 3 is 2.47 bits per heavy atom. The van der Waals surface area contributed by atoms with E-state index in [-0.39, 0.29) is 23.0 Å². The van der Waals surface area contributed by atoms with Gasteiger partial charge in [-0.1, -0.05) is 53.9 Å². The normalized spacial score (nSPS) is 49.5. The molecule has 10 atom stereocenters. The van der Waals surface area contributed by atoms with Crippen molar-refractivity contribution in [3.8, 4) is 0 Å². The zero-order valence-electron chi connectivity index (χ0n) is 20.1. The Bertz CT molecular complexity index is 644. The second-order valence-corrected chi connectivity index (χ2v) is 12.6. The van der Waals surface area contributed by atoms with Crippen molar-refractivity contribution in [2.45, 2.75) is 111 Å². The van der Waals surface area contributed by atoms with Crippen molar-refractivity contribution in [1.29, 1.82) is 0 Å². The zero-order valence-corrected chi connectivity index (χ0v) is 20.1. The Hall–Kier alpha value is -0.410. The summed E-state index contributed by atoms with van der Waals surface area (Å²) in [5.41, 5.74) is 0.0498. The lowest BCUT2D eigenvalue weighted by Crippen LogP contribution is -2.62. The first-order chi connectivity index (χ1) is 14.1. The first-order valence-electron chi connectivity index (χ1n) is 13.0. The van der Waals surface area contributed by atoms with Crippen LogP contribution in [0.5, 0.6) is 0 Å². The monoisotopic (exact) mass is 418 g/mol. The van der Waals surface area contributed by atoms with Gasteiger partial charge in [0.1, 0.15) is 5.78 Å². The summed E-state index contributed by atoms with van der Waals surface area (Å²) >= 11 is 0. The van der Waals surface area contributed by atoms with E-state index in [4.69, 9.17) is 0 Å². The Morgan fingerprint density at radius 1 is 1.03 bits per heavy atom. The maximum absolute atomic E-state index is 12.1. The van der Waals surface area contributed by atoms with E-state index < -0.39 is 0 Å². The number of carbonyl (C=O) groups excluding carboxylic acids is 1. The van der Waals surface area contributed by atoms with E-state index in [1.54, 1.807) is 0 Å². The molecule has 0 aliphatic heterocycles. The van der Waals surface area contributed by atoms with E-state index in [9.17, 15) is 15.0 Å². The van der Waals surface area contributed by atoms with Crippen LogP contribution < -0.4 is 0 Å². The fourth-order valence-corrected chi connectivity index (χ4v) is 8.99. The first kappa shape index (κ1) is 22.8. The molecule has 4 saturated carbocycles. The number of ketones is 1. The molecule has 4 aliphatic rings. The number of hydrogen-bond donors (Lipinski definition) is 2. The van der Waals surface area contributed by atoms with Gasteiger partial charge in [-0.05, 0) is 84.4 Å². The number of fused-ring (bicyclic) bond motifs is 5. The third-order valence-corrected chi connectivity index (χ3v) is 10.8. The summed E-state index contributed by atoms with van der Waals surface area (Å²) in [4.78, 5) is 12.1. The lowest BCUT2D eigenvalue weighted by atomic mass is 9.43.